The van der Waals surface area contributed by atoms with Crippen LogP contribution in [0.25, 0.3) is 5.69 Å². The van der Waals surface area contributed by atoms with Crippen LogP contribution in [0.15, 0.2) is 107 Å². The highest BCUT2D eigenvalue weighted by molar-refractivity contribution is 9.10. The predicted octanol–water partition coefficient (Wildman–Crippen LogP) is 5.99. The summed E-state index contributed by atoms with van der Waals surface area (Å²) in [5.41, 5.74) is 5.52. The number of hydrazone groups is 1. The van der Waals surface area contributed by atoms with Gasteiger partial charge in [-0.3, -0.25) is 5.01 Å². The summed E-state index contributed by atoms with van der Waals surface area (Å²) in [6, 6.07) is 29.0. The number of aromatic nitrogens is 2. The van der Waals surface area contributed by atoms with Crippen molar-refractivity contribution >= 4 is 27.3 Å². The van der Waals surface area contributed by atoms with Gasteiger partial charge in [-0.1, -0.05) is 64.5 Å². The normalized spacial score (nSPS) is 16.1. The largest absolute Gasteiger partial charge is 0.257 e. The third-order valence-electron chi connectivity index (χ3n) is 5.12. The third kappa shape index (κ3) is 3.61. The molecule has 1 unspecified atom stereocenters. The fraction of sp³-hybridized carbons (Fsp3) is 0.0833. The van der Waals surface area contributed by atoms with Crippen LogP contribution in [0, 0.1) is 0 Å². The molecule has 0 spiro atoms. The molecule has 5 heteroatoms. The van der Waals surface area contributed by atoms with Crippen LogP contribution in [0.4, 0.5) is 5.69 Å². The Hall–Kier alpha value is -3.18. The second kappa shape index (κ2) is 7.68. The number of rotatable bonds is 4. The van der Waals surface area contributed by atoms with E-state index in [0.29, 0.717) is 0 Å². The van der Waals surface area contributed by atoms with Gasteiger partial charge in [0.2, 0.25) is 0 Å². The van der Waals surface area contributed by atoms with Crippen LogP contribution in [0.5, 0.6) is 0 Å². The number of para-hydroxylation sites is 1. The van der Waals surface area contributed by atoms with Crippen LogP contribution in [0.1, 0.15) is 23.6 Å². The molecule has 4 aromatic rings. The summed E-state index contributed by atoms with van der Waals surface area (Å²) in [6.07, 6.45) is 4.89. The maximum atomic E-state index is 4.99. The van der Waals surface area contributed by atoms with E-state index in [0.717, 1.165) is 39.1 Å². The summed E-state index contributed by atoms with van der Waals surface area (Å²) in [4.78, 5) is 0. The van der Waals surface area contributed by atoms with Crippen molar-refractivity contribution in [2.24, 2.45) is 5.10 Å². The number of halogens is 1. The Morgan fingerprint density at radius 2 is 1.48 bits per heavy atom. The van der Waals surface area contributed by atoms with Gasteiger partial charge in [0.25, 0.3) is 0 Å². The molecule has 4 nitrogen and oxygen atoms in total. The smallest absolute Gasteiger partial charge is 0.0862 e. The lowest BCUT2D eigenvalue weighted by atomic mass is 10.0. The topological polar surface area (TPSA) is 33.4 Å². The molecule has 0 N–H and O–H groups in total. The quantitative estimate of drug-likeness (QED) is 0.388. The van der Waals surface area contributed by atoms with E-state index in [9.17, 15) is 0 Å². The Morgan fingerprint density at radius 3 is 2.21 bits per heavy atom. The van der Waals surface area contributed by atoms with Gasteiger partial charge in [0.15, 0.2) is 0 Å². The highest BCUT2D eigenvalue weighted by Gasteiger charge is 2.30. The first-order valence-corrected chi connectivity index (χ1v) is 10.3. The Morgan fingerprint density at radius 1 is 0.793 bits per heavy atom. The Balaban J connectivity index is 1.51. The molecule has 0 fully saturated rings. The lowest BCUT2D eigenvalue weighted by Gasteiger charge is -2.22. The highest BCUT2D eigenvalue weighted by atomic mass is 79.9. The fourth-order valence-electron chi connectivity index (χ4n) is 3.64. The Kier molecular flexibility index (Phi) is 4.74. The van der Waals surface area contributed by atoms with Crippen molar-refractivity contribution in [1.82, 2.24) is 9.78 Å². The predicted molar refractivity (Wildman–Crippen MR) is 121 cm³/mol. The van der Waals surface area contributed by atoms with Gasteiger partial charge in [0.05, 0.1) is 29.3 Å². The summed E-state index contributed by atoms with van der Waals surface area (Å²) in [5.74, 6) is 0. The zero-order valence-electron chi connectivity index (χ0n) is 15.7. The van der Waals surface area contributed by atoms with Crippen molar-refractivity contribution in [1.29, 1.82) is 0 Å². The molecular weight excluding hydrogens is 424 g/mol. The van der Waals surface area contributed by atoms with E-state index < -0.39 is 0 Å². The fourth-order valence-corrected chi connectivity index (χ4v) is 3.90. The van der Waals surface area contributed by atoms with Crippen LogP contribution < -0.4 is 5.01 Å². The molecule has 1 atom stereocenters. The number of benzene rings is 3. The van der Waals surface area contributed by atoms with Crippen molar-refractivity contribution in [2.45, 2.75) is 12.5 Å². The SMILES string of the molecule is Brc1ccc(-n2cc(C3CC(c4ccccc4)=NN3c3ccccc3)cn2)cc1. The minimum Gasteiger partial charge on any atom is -0.257 e. The molecule has 0 amide bonds. The molecule has 0 saturated carbocycles. The van der Waals surface area contributed by atoms with Crippen molar-refractivity contribution < 1.29 is 0 Å². The van der Waals surface area contributed by atoms with Gasteiger partial charge in [0.1, 0.15) is 0 Å². The number of anilines is 1. The van der Waals surface area contributed by atoms with E-state index in [1.807, 2.05) is 47.3 Å². The minimum absolute atomic E-state index is 0.108. The molecule has 2 heterocycles. The second-order valence-corrected chi connectivity index (χ2v) is 7.92. The van der Waals surface area contributed by atoms with Crippen LogP contribution >= 0.6 is 15.9 Å². The Bertz CT molecular complexity index is 1130. The third-order valence-corrected chi connectivity index (χ3v) is 5.65. The maximum absolute atomic E-state index is 4.99. The Labute approximate surface area is 178 Å². The zero-order chi connectivity index (χ0) is 19.6. The van der Waals surface area contributed by atoms with Crippen molar-refractivity contribution in [2.75, 3.05) is 5.01 Å². The van der Waals surface area contributed by atoms with Crippen molar-refractivity contribution in [3.63, 3.8) is 0 Å². The standard InChI is InChI=1S/C24H19BrN4/c25-20-11-13-21(14-12-20)28-17-19(16-26-28)24-15-23(18-7-3-1-4-8-18)27-29(24)22-9-5-2-6-10-22/h1-14,16-17,24H,15H2. The van der Waals surface area contributed by atoms with Gasteiger partial charge in [-0.15, -0.1) is 0 Å². The summed E-state index contributed by atoms with van der Waals surface area (Å²) in [6.45, 7) is 0. The maximum Gasteiger partial charge on any atom is 0.0862 e. The monoisotopic (exact) mass is 442 g/mol. The first-order chi connectivity index (χ1) is 14.3. The first-order valence-electron chi connectivity index (χ1n) is 9.55. The molecule has 1 aliphatic heterocycles. The highest BCUT2D eigenvalue weighted by Crippen LogP contribution is 2.36. The summed E-state index contributed by atoms with van der Waals surface area (Å²) >= 11 is 3.49. The van der Waals surface area contributed by atoms with Crippen LogP contribution in [0.3, 0.4) is 0 Å². The van der Waals surface area contributed by atoms with E-state index in [2.05, 4.69) is 80.8 Å². The lowest BCUT2D eigenvalue weighted by Crippen LogP contribution is -2.18. The molecule has 3 aromatic carbocycles. The average molecular weight is 443 g/mol. The van der Waals surface area contributed by atoms with E-state index in [1.54, 1.807) is 0 Å². The number of nitrogens with zero attached hydrogens (tertiary/aromatic N) is 4. The molecule has 0 aliphatic carbocycles. The van der Waals surface area contributed by atoms with E-state index >= 15 is 0 Å². The molecule has 0 radical (unpaired) electrons. The average Bonchev–Trinajstić information content (AvgIpc) is 3.43. The molecule has 1 aliphatic rings. The van der Waals surface area contributed by atoms with E-state index in [-0.39, 0.29) is 6.04 Å². The minimum atomic E-state index is 0.108. The van der Waals surface area contributed by atoms with Crippen LogP contribution in [0.2, 0.25) is 0 Å². The molecule has 0 bridgehead atoms. The van der Waals surface area contributed by atoms with Crippen LogP contribution in [-0.4, -0.2) is 15.5 Å². The zero-order valence-corrected chi connectivity index (χ0v) is 17.3. The van der Waals surface area contributed by atoms with Crippen LogP contribution in [-0.2, 0) is 0 Å². The molecule has 1 aromatic heterocycles. The van der Waals surface area contributed by atoms with Gasteiger partial charge in [-0.05, 0) is 42.0 Å². The molecule has 29 heavy (non-hydrogen) atoms. The van der Waals surface area contributed by atoms with Gasteiger partial charge < -0.3 is 0 Å². The van der Waals surface area contributed by atoms with E-state index in [1.165, 1.54) is 0 Å². The summed E-state index contributed by atoms with van der Waals surface area (Å²) in [7, 11) is 0. The molecule has 5 rings (SSSR count). The van der Waals surface area contributed by atoms with E-state index in [4.69, 9.17) is 5.10 Å². The lowest BCUT2D eigenvalue weighted by molar-refractivity contribution is 0.708. The first kappa shape index (κ1) is 17.9. The summed E-state index contributed by atoms with van der Waals surface area (Å²) in [5, 5.41) is 11.7. The molecule has 142 valence electrons. The van der Waals surface area contributed by atoms with Gasteiger partial charge >= 0.3 is 0 Å². The van der Waals surface area contributed by atoms with Gasteiger partial charge in [-0.2, -0.15) is 10.2 Å². The van der Waals surface area contributed by atoms with Crippen molar-refractivity contribution in [3.8, 4) is 5.69 Å². The second-order valence-electron chi connectivity index (χ2n) is 7.01. The summed E-state index contributed by atoms with van der Waals surface area (Å²) < 4.78 is 2.98. The van der Waals surface area contributed by atoms with Crippen molar-refractivity contribution in [3.05, 3.63) is 113 Å². The van der Waals surface area contributed by atoms with Gasteiger partial charge in [-0.25, -0.2) is 4.68 Å². The van der Waals surface area contributed by atoms with Gasteiger partial charge in [0, 0.05) is 22.7 Å². The molecular formula is C24H19BrN4. The molecule has 0 saturated heterocycles. The number of hydrogen-bond donors (Lipinski definition) is 0. The number of hydrogen-bond acceptors (Lipinski definition) is 3.